The van der Waals surface area contributed by atoms with Gasteiger partial charge in [0.05, 0.1) is 37.7 Å². The highest BCUT2D eigenvalue weighted by Crippen LogP contribution is 2.42. The van der Waals surface area contributed by atoms with E-state index in [9.17, 15) is 9.59 Å². The SMILES string of the molecule is CC(=O)c1cc(-c2ccc(Cc3ccc(C4CCOCC4)cc3)c3nccn23)ccc1C.CC(C)C1CCC(c2ccc(CC3=CC=C(c4ccc5c(c4)CCC5=O)N4CCN=C34)cc2)CC1.COc1ncc(-c2ccc(Cc3ccc(C4CCC(C(C)C)CC4)cc3)c3nccn23)c(OC)n1. The number of amidine groups is 1. The van der Waals surface area contributed by atoms with E-state index in [2.05, 4.69) is 189 Å². The Morgan fingerprint density at radius 1 is 0.569 bits per heavy atom. The number of rotatable bonds is 17. The van der Waals surface area contributed by atoms with Crippen LogP contribution in [0.2, 0.25) is 0 Å². The van der Waals surface area contributed by atoms with Crippen LogP contribution in [0.5, 0.6) is 11.9 Å². The van der Waals surface area contributed by atoms with Gasteiger partial charge >= 0.3 is 6.01 Å². The molecule has 0 amide bonds. The Balaban J connectivity index is 0.000000130. The number of aliphatic imine (C=N–C) groups is 1. The Bertz CT molecular complexity index is 4730. The molecular formula is C89H98N8O5. The van der Waals surface area contributed by atoms with Crippen LogP contribution in [0.1, 0.15) is 205 Å². The summed E-state index contributed by atoms with van der Waals surface area (Å²) < 4.78 is 20.3. The maximum Gasteiger partial charge on any atom is 0.319 e. The van der Waals surface area contributed by atoms with E-state index in [0.717, 1.165) is 151 Å². The number of aromatic nitrogens is 6. The van der Waals surface area contributed by atoms with Crippen LogP contribution in [0.25, 0.3) is 39.5 Å². The zero-order valence-electron chi connectivity index (χ0n) is 60.8. The number of imidazole rings is 2. The topological polar surface area (TPSA) is 138 Å². The van der Waals surface area contributed by atoms with Crippen LogP contribution in [0.3, 0.4) is 0 Å². The molecule has 5 aromatic heterocycles. The van der Waals surface area contributed by atoms with Gasteiger partial charge in [-0.3, -0.25) is 23.4 Å². The quantitative estimate of drug-likeness (QED) is 0.0810. The number of allylic oxidation sites excluding steroid dienone is 2. The minimum Gasteiger partial charge on any atom is -0.480 e. The minimum absolute atomic E-state index is 0.0899. The number of methoxy groups -OCH3 is 2. The normalized spacial score (nSPS) is 19.0. The van der Waals surface area contributed by atoms with Gasteiger partial charge in [-0.15, -0.1) is 0 Å². The minimum atomic E-state index is 0.0899. The van der Waals surface area contributed by atoms with Gasteiger partial charge in [0, 0.05) is 93.2 Å². The van der Waals surface area contributed by atoms with Gasteiger partial charge in [0.25, 0.3) is 0 Å². The van der Waals surface area contributed by atoms with E-state index in [4.69, 9.17) is 19.2 Å². The van der Waals surface area contributed by atoms with Crippen LogP contribution in [0.4, 0.5) is 0 Å². The second-order valence-corrected chi connectivity index (χ2v) is 29.8. The second kappa shape index (κ2) is 31.3. The third kappa shape index (κ3) is 15.3. The number of benzene rings is 5. The largest absolute Gasteiger partial charge is 0.480 e. The third-order valence-corrected chi connectivity index (χ3v) is 22.9. The van der Waals surface area contributed by atoms with Crippen molar-refractivity contribution in [2.24, 2.45) is 28.7 Å². The van der Waals surface area contributed by atoms with E-state index in [-0.39, 0.29) is 17.6 Å². The molecule has 0 spiro atoms. The molecule has 3 aliphatic heterocycles. The highest BCUT2D eigenvalue weighted by atomic mass is 16.5. The maximum absolute atomic E-state index is 12.0. The lowest BCUT2D eigenvalue weighted by Crippen LogP contribution is -2.30. The summed E-state index contributed by atoms with van der Waals surface area (Å²) in [7, 11) is 3.14. The monoisotopic (exact) mass is 1360 g/mol. The number of fused-ring (bicyclic) bond motifs is 4. The first-order valence-electron chi connectivity index (χ1n) is 37.4. The van der Waals surface area contributed by atoms with Crippen molar-refractivity contribution in [2.45, 2.75) is 156 Å². The lowest BCUT2D eigenvalue weighted by molar-refractivity contribution is 0.0853. The summed E-state index contributed by atoms with van der Waals surface area (Å²) in [5.41, 5.74) is 24.0. The highest BCUT2D eigenvalue weighted by Gasteiger charge is 2.31. The number of ether oxygens (including phenoxy) is 3. The van der Waals surface area contributed by atoms with Crippen LogP contribution in [-0.4, -0.2) is 91.6 Å². The molecule has 0 atom stereocenters. The lowest BCUT2D eigenvalue weighted by atomic mass is 9.75. The molecule has 3 fully saturated rings. The van der Waals surface area contributed by atoms with Crippen molar-refractivity contribution in [1.29, 1.82) is 0 Å². The predicted octanol–water partition coefficient (Wildman–Crippen LogP) is 19.3. The number of carbonyl (C=O) groups excluding carboxylic acids is 2. The second-order valence-electron chi connectivity index (χ2n) is 29.8. The molecule has 0 N–H and O–H groups in total. The summed E-state index contributed by atoms with van der Waals surface area (Å²) in [5, 5.41) is 0. The summed E-state index contributed by atoms with van der Waals surface area (Å²) in [5.74, 6) is 7.46. The number of nitrogens with zero attached hydrogens (tertiary/aromatic N) is 8. The molecule has 16 rings (SSSR count). The fourth-order valence-corrected chi connectivity index (χ4v) is 16.8. The molecule has 3 aliphatic carbocycles. The van der Waals surface area contributed by atoms with Gasteiger partial charge in [-0.2, -0.15) is 4.98 Å². The fraction of sp³-hybridized carbons (Fsp3) is 0.382. The molecule has 524 valence electrons. The van der Waals surface area contributed by atoms with Crippen molar-refractivity contribution >= 4 is 34.4 Å². The first-order chi connectivity index (χ1) is 49.7. The van der Waals surface area contributed by atoms with Gasteiger partial charge in [0.2, 0.25) is 5.88 Å². The van der Waals surface area contributed by atoms with Crippen LogP contribution < -0.4 is 9.47 Å². The summed E-state index contributed by atoms with van der Waals surface area (Å²) in [4.78, 5) is 49.2. The Morgan fingerprint density at radius 3 is 1.68 bits per heavy atom. The lowest BCUT2D eigenvalue weighted by Gasteiger charge is -2.31. The standard InChI is InChI=1S/C32H36N2O.C29H34N4O2.C28H28N2O2/c1-21(2)23-7-9-25(10-8-23)24-5-3-22(4-6-24)19-28-12-15-30(34-18-17-33-32(28)34)27-11-14-29-26(20-27)13-16-31(29)35;1-19(2)21-9-11-23(12-10-21)22-7-5-20(6-8-22)17-24-13-14-26(33-16-15-30-27(24)33)25-18-31-29(35-4)32-28(25)34-3;1-19-3-6-24(18-26(19)20(2)31)27-10-9-25(28-29-13-14-30(27)28)17-21-4-7-22(8-5-21)23-11-15-32-16-12-23/h3-6,11-12,14-15,20-21,23,25H,7-10,13,16-19H2,1-2H3;5-8,13-16,18-19,21,23H,9-12,17H2,1-4H3;3-10,13-14,18,23H,11-12,15-17H2,1-2H3. The Labute approximate surface area is 602 Å². The average Bonchev–Trinajstić information content (AvgIpc) is 1.55. The Hall–Kier alpha value is -9.59. The highest BCUT2D eigenvalue weighted by molar-refractivity contribution is 6.07. The van der Waals surface area contributed by atoms with E-state index in [1.54, 1.807) is 27.3 Å². The molecule has 8 heterocycles. The molecule has 0 radical (unpaired) electrons. The molecule has 102 heavy (non-hydrogen) atoms. The zero-order chi connectivity index (χ0) is 70.4. The molecular weight excluding hydrogens is 1260 g/mol. The van der Waals surface area contributed by atoms with Gasteiger partial charge < -0.3 is 19.1 Å². The zero-order valence-corrected chi connectivity index (χ0v) is 60.8. The van der Waals surface area contributed by atoms with Crippen molar-refractivity contribution in [1.82, 2.24) is 33.6 Å². The van der Waals surface area contributed by atoms with E-state index in [0.29, 0.717) is 24.1 Å². The van der Waals surface area contributed by atoms with Crippen LogP contribution in [-0.2, 0) is 30.4 Å². The maximum atomic E-state index is 12.0. The Kier molecular flexibility index (Phi) is 21.4. The average molecular weight is 1360 g/mol. The van der Waals surface area contributed by atoms with Crippen molar-refractivity contribution in [3.63, 3.8) is 0 Å². The molecule has 13 heteroatoms. The molecule has 0 bridgehead atoms. The van der Waals surface area contributed by atoms with E-state index in [1.165, 1.54) is 118 Å². The van der Waals surface area contributed by atoms with Gasteiger partial charge in [-0.25, -0.2) is 15.0 Å². The summed E-state index contributed by atoms with van der Waals surface area (Å²) >= 11 is 0. The summed E-state index contributed by atoms with van der Waals surface area (Å²) in [6, 6.07) is 48.9. The van der Waals surface area contributed by atoms with Gasteiger partial charge in [0.15, 0.2) is 11.6 Å². The van der Waals surface area contributed by atoms with Crippen molar-refractivity contribution < 1.29 is 23.8 Å². The number of ketones is 2. The van der Waals surface area contributed by atoms with Crippen LogP contribution in [0.15, 0.2) is 187 Å². The van der Waals surface area contributed by atoms with Gasteiger partial charge in [0.1, 0.15) is 17.1 Å². The molecule has 6 aliphatic rings. The smallest absolute Gasteiger partial charge is 0.319 e. The van der Waals surface area contributed by atoms with Crippen molar-refractivity contribution in [2.75, 3.05) is 40.5 Å². The number of aryl methyl sites for hydroxylation is 2. The number of Topliss-reactive ketones (excluding diaryl/α,β-unsaturated/α-hetero) is 2. The number of hydrogen-bond acceptors (Lipinski definition) is 11. The summed E-state index contributed by atoms with van der Waals surface area (Å²) in [6.45, 7) is 16.6. The number of pyridine rings is 2. The van der Waals surface area contributed by atoms with Crippen LogP contribution in [0, 0.1) is 30.6 Å². The summed E-state index contributed by atoms with van der Waals surface area (Å²) in [6.07, 6.45) is 31.0. The molecule has 2 saturated carbocycles. The molecule has 10 aromatic rings. The van der Waals surface area contributed by atoms with E-state index < -0.39 is 0 Å². The van der Waals surface area contributed by atoms with Gasteiger partial charge in [-0.05, 0) is 229 Å². The molecule has 13 nitrogen and oxygen atoms in total. The Morgan fingerprint density at radius 2 is 1.12 bits per heavy atom. The first kappa shape index (κ1) is 69.5. The number of hydrogen-bond donors (Lipinski definition) is 0. The predicted molar refractivity (Wildman–Crippen MR) is 409 cm³/mol. The van der Waals surface area contributed by atoms with Crippen molar-refractivity contribution in [3.05, 3.63) is 254 Å². The fourth-order valence-electron chi connectivity index (χ4n) is 16.8. The molecule has 5 aromatic carbocycles. The van der Waals surface area contributed by atoms with E-state index in [1.807, 2.05) is 49.9 Å². The van der Waals surface area contributed by atoms with Gasteiger partial charge in [-0.1, -0.05) is 143 Å². The van der Waals surface area contributed by atoms with Crippen LogP contribution >= 0.6 is 0 Å². The first-order valence-corrected chi connectivity index (χ1v) is 37.4. The molecule has 0 unspecified atom stereocenters. The third-order valence-electron chi connectivity index (χ3n) is 22.9. The molecule has 1 saturated heterocycles. The number of carbonyl (C=O) groups is 2. The van der Waals surface area contributed by atoms with E-state index >= 15 is 0 Å². The van der Waals surface area contributed by atoms with Crippen molar-refractivity contribution in [3.8, 4) is 34.4 Å².